The predicted octanol–water partition coefficient (Wildman–Crippen LogP) is 4.85. The zero-order valence-corrected chi connectivity index (χ0v) is 18.2. The Morgan fingerprint density at radius 1 is 1.06 bits per heavy atom. The van der Waals surface area contributed by atoms with Crippen LogP contribution in [0.5, 0.6) is 0 Å². The molecule has 1 saturated carbocycles. The van der Waals surface area contributed by atoms with Crippen LogP contribution in [0.1, 0.15) is 49.2 Å². The molecule has 0 saturated heterocycles. The van der Waals surface area contributed by atoms with Gasteiger partial charge < -0.3 is 14.2 Å². The maximum Gasteiger partial charge on any atom is 0.242 e. The number of halogens is 1. The predicted molar refractivity (Wildman–Crippen MR) is 117 cm³/mol. The Bertz CT molecular complexity index is 884. The Morgan fingerprint density at radius 3 is 2.39 bits per heavy atom. The van der Waals surface area contributed by atoms with Gasteiger partial charge in [-0.3, -0.25) is 9.59 Å². The molecule has 1 aliphatic rings. The van der Waals surface area contributed by atoms with E-state index in [1.807, 2.05) is 19.1 Å². The Labute approximate surface area is 183 Å². The number of benzene rings is 1. The molecule has 5 nitrogen and oxygen atoms in total. The van der Waals surface area contributed by atoms with Gasteiger partial charge in [0.1, 0.15) is 23.9 Å². The van der Waals surface area contributed by atoms with E-state index >= 15 is 0 Å². The molecule has 6 heteroatoms. The fraction of sp³-hybridized carbons (Fsp3) is 0.440. The van der Waals surface area contributed by atoms with E-state index in [9.17, 15) is 14.0 Å². The van der Waals surface area contributed by atoms with Crippen LogP contribution in [0.15, 0.2) is 53.5 Å². The second-order valence-electron chi connectivity index (χ2n) is 8.23. The van der Waals surface area contributed by atoms with E-state index in [1.54, 1.807) is 28.0 Å². The van der Waals surface area contributed by atoms with E-state index in [2.05, 4.69) is 6.58 Å². The number of aryl methyl sites for hydroxylation is 1. The van der Waals surface area contributed by atoms with Gasteiger partial charge >= 0.3 is 0 Å². The Hall–Kier alpha value is -2.89. The topological polar surface area (TPSA) is 53.8 Å². The molecule has 0 radical (unpaired) electrons. The number of hydrogen-bond donors (Lipinski definition) is 0. The molecule has 3 rings (SSSR count). The van der Waals surface area contributed by atoms with Gasteiger partial charge in [-0.25, -0.2) is 4.39 Å². The molecule has 2 aromatic rings. The average Bonchev–Trinajstić information content (AvgIpc) is 3.19. The van der Waals surface area contributed by atoms with Gasteiger partial charge in [-0.05, 0) is 49.6 Å². The molecule has 31 heavy (non-hydrogen) atoms. The Morgan fingerprint density at radius 2 is 1.77 bits per heavy atom. The monoisotopic (exact) mass is 426 g/mol. The van der Waals surface area contributed by atoms with Crippen LogP contribution in [0.4, 0.5) is 4.39 Å². The summed E-state index contributed by atoms with van der Waals surface area (Å²) in [7, 11) is 0. The van der Waals surface area contributed by atoms with Crippen LogP contribution in [-0.2, 0) is 22.7 Å². The van der Waals surface area contributed by atoms with Crippen LogP contribution in [-0.4, -0.2) is 34.7 Å². The Kier molecular flexibility index (Phi) is 8.04. The normalized spacial score (nSPS) is 14.3. The highest BCUT2D eigenvalue weighted by Crippen LogP contribution is 2.25. The molecule has 1 aromatic heterocycles. The molecule has 0 atom stereocenters. The maximum atomic E-state index is 13.3. The highest BCUT2D eigenvalue weighted by molar-refractivity contribution is 5.86. The van der Waals surface area contributed by atoms with E-state index in [4.69, 9.17) is 4.42 Å². The third kappa shape index (κ3) is 6.54. The van der Waals surface area contributed by atoms with Gasteiger partial charge in [0.15, 0.2) is 0 Å². The third-order valence-electron chi connectivity index (χ3n) is 5.72. The highest BCUT2D eigenvalue weighted by atomic mass is 19.1. The zero-order chi connectivity index (χ0) is 22.2. The molecule has 1 fully saturated rings. The molecule has 0 bridgehead atoms. The summed E-state index contributed by atoms with van der Waals surface area (Å²) in [5, 5.41) is 0. The van der Waals surface area contributed by atoms with Crippen LogP contribution in [0, 0.1) is 18.7 Å². The number of rotatable bonds is 9. The van der Waals surface area contributed by atoms with Gasteiger partial charge in [0.2, 0.25) is 11.8 Å². The molecule has 2 amide bonds. The smallest absolute Gasteiger partial charge is 0.242 e. The molecule has 0 N–H and O–H groups in total. The van der Waals surface area contributed by atoms with Crippen molar-refractivity contribution in [2.45, 2.75) is 52.1 Å². The first kappa shape index (κ1) is 22.8. The average molecular weight is 427 g/mol. The summed E-state index contributed by atoms with van der Waals surface area (Å²) in [4.78, 5) is 29.6. The maximum absolute atomic E-state index is 13.3. The van der Waals surface area contributed by atoms with Gasteiger partial charge in [0, 0.05) is 19.0 Å². The second-order valence-corrected chi connectivity index (χ2v) is 8.23. The fourth-order valence-electron chi connectivity index (χ4n) is 4.06. The lowest BCUT2D eigenvalue weighted by Crippen LogP contribution is -2.45. The molecular weight excluding hydrogens is 395 g/mol. The highest BCUT2D eigenvalue weighted by Gasteiger charge is 2.28. The van der Waals surface area contributed by atoms with E-state index < -0.39 is 0 Å². The summed E-state index contributed by atoms with van der Waals surface area (Å²) in [5.41, 5.74) is 0.812. The summed E-state index contributed by atoms with van der Waals surface area (Å²) < 4.78 is 19.0. The van der Waals surface area contributed by atoms with Crippen molar-refractivity contribution in [3.8, 4) is 0 Å². The van der Waals surface area contributed by atoms with Crippen molar-refractivity contribution in [3.05, 3.63) is 72.0 Å². The van der Waals surface area contributed by atoms with Crippen molar-refractivity contribution >= 4 is 11.8 Å². The quantitative estimate of drug-likeness (QED) is 0.539. The van der Waals surface area contributed by atoms with Gasteiger partial charge in [-0.2, -0.15) is 0 Å². The van der Waals surface area contributed by atoms with Crippen molar-refractivity contribution in [2.24, 2.45) is 5.92 Å². The number of amides is 2. The minimum atomic E-state index is -0.321. The van der Waals surface area contributed by atoms with Gasteiger partial charge in [-0.15, -0.1) is 6.58 Å². The van der Waals surface area contributed by atoms with E-state index in [1.165, 1.54) is 12.1 Å². The number of nitrogens with zero attached hydrogens (tertiary/aromatic N) is 2. The first-order chi connectivity index (χ1) is 15.0. The zero-order valence-electron chi connectivity index (χ0n) is 18.2. The minimum Gasteiger partial charge on any atom is -0.464 e. The largest absolute Gasteiger partial charge is 0.464 e. The summed E-state index contributed by atoms with van der Waals surface area (Å²) in [6, 6.07) is 9.79. The number of carbonyl (C=O) groups excluding carboxylic acids is 2. The van der Waals surface area contributed by atoms with E-state index in [0.29, 0.717) is 18.8 Å². The van der Waals surface area contributed by atoms with Crippen molar-refractivity contribution in [1.82, 2.24) is 9.80 Å². The number of furan rings is 1. The summed E-state index contributed by atoms with van der Waals surface area (Å²) in [5.74, 6) is 0.956. The van der Waals surface area contributed by atoms with Crippen molar-refractivity contribution in [2.75, 3.05) is 13.1 Å². The second kappa shape index (κ2) is 10.9. The third-order valence-corrected chi connectivity index (χ3v) is 5.72. The first-order valence-corrected chi connectivity index (χ1v) is 10.9. The number of hydrogen-bond acceptors (Lipinski definition) is 3. The first-order valence-electron chi connectivity index (χ1n) is 10.9. The van der Waals surface area contributed by atoms with E-state index in [-0.39, 0.29) is 36.6 Å². The van der Waals surface area contributed by atoms with Crippen molar-refractivity contribution in [1.29, 1.82) is 0 Å². The van der Waals surface area contributed by atoms with E-state index in [0.717, 1.165) is 43.4 Å². The van der Waals surface area contributed by atoms with Gasteiger partial charge in [0.05, 0.1) is 6.54 Å². The molecule has 166 valence electrons. The lowest BCUT2D eigenvalue weighted by molar-refractivity contribution is -0.143. The summed E-state index contributed by atoms with van der Waals surface area (Å²) in [6.45, 7) is 6.52. The van der Waals surface area contributed by atoms with Crippen LogP contribution in [0.3, 0.4) is 0 Å². The SMILES string of the molecule is C=CCN(CC(=O)N(Cc1ccc(F)cc1)Cc1ccc(C)o1)C(=O)C1CCCCC1. The molecule has 0 unspecified atom stereocenters. The lowest BCUT2D eigenvalue weighted by atomic mass is 9.88. The Balaban J connectivity index is 1.74. The van der Waals surface area contributed by atoms with Crippen molar-refractivity contribution in [3.63, 3.8) is 0 Å². The summed E-state index contributed by atoms with van der Waals surface area (Å²) >= 11 is 0. The van der Waals surface area contributed by atoms with Crippen molar-refractivity contribution < 1.29 is 18.4 Å². The number of carbonyl (C=O) groups is 2. The van der Waals surface area contributed by atoms with Crippen LogP contribution in [0.2, 0.25) is 0 Å². The standard InChI is InChI=1S/C25H31FN2O3/c1-3-15-27(25(30)21-7-5-4-6-8-21)18-24(29)28(17-23-14-9-19(2)31-23)16-20-10-12-22(26)13-11-20/h3,9-14,21H,1,4-8,15-18H2,2H3. The minimum absolute atomic E-state index is 0.0117. The van der Waals surface area contributed by atoms with Gasteiger partial charge in [0.25, 0.3) is 0 Å². The van der Waals surface area contributed by atoms with Crippen LogP contribution < -0.4 is 0 Å². The van der Waals surface area contributed by atoms with Crippen LogP contribution in [0.25, 0.3) is 0 Å². The summed E-state index contributed by atoms with van der Waals surface area (Å²) in [6.07, 6.45) is 6.70. The molecule has 1 aliphatic carbocycles. The molecular formula is C25H31FN2O3. The van der Waals surface area contributed by atoms with Crippen LogP contribution >= 0.6 is 0 Å². The molecule has 0 spiro atoms. The fourth-order valence-corrected chi connectivity index (χ4v) is 4.06. The molecule has 1 aromatic carbocycles. The molecule has 0 aliphatic heterocycles. The lowest BCUT2D eigenvalue weighted by Gasteiger charge is -2.30. The molecule has 1 heterocycles. The van der Waals surface area contributed by atoms with Gasteiger partial charge in [-0.1, -0.05) is 37.5 Å².